The molecule has 0 radical (unpaired) electrons. The minimum Gasteiger partial charge on any atom is -0.490 e. The number of hydrogen-bond acceptors (Lipinski definition) is 11. The lowest BCUT2D eigenvalue weighted by molar-refractivity contribution is 0.219. The van der Waals surface area contributed by atoms with Crippen molar-refractivity contribution in [3.8, 4) is 5.75 Å². The van der Waals surface area contributed by atoms with Crippen LogP contribution < -0.4 is 20.3 Å². The van der Waals surface area contributed by atoms with Gasteiger partial charge in [-0.05, 0) is 61.8 Å². The second-order valence-electron chi connectivity index (χ2n) is 13.5. The molecule has 51 heavy (non-hydrogen) atoms. The van der Waals surface area contributed by atoms with Gasteiger partial charge in [0.1, 0.15) is 5.82 Å². The van der Waals surface area contributed by atoms with Crippen LogP contribution in [0.4, 0.5) is 25.1 Å². The molecule has 4 heterocycles. The molecule has 4 aromatic rings. The van der Waals surface area contributed by atoms with Crippen molar-refractivity contribution in [2.75, 3.05) is 42.6 Å². The summed E-state index contributed by atoms with van der Waals surface area (Å²) in [4.78, 5) is 17.2. The van der Waals surface area contributed by atoms with Crippen molar-refractivity contribution in [2.45, 2.75) is 69.7 Å². The largest absolute Gasteiger partial charge is 0.490 e. The summed E-state index contributed by atoms with van der Waals surface area (Å²) >= 11 is 0. The first kappa shape index (κ1) is 38.0. The molecule has 3 atom stereocenters. The Morgan fingerprint density at radius 3 is 2.24 bits per heavy atom. The van der Waals surface area contributed by atoms with Gasteiger partial charge in [0.2, 0.25) is 5.95 Å². The molecule has 3 N–H and O–H groups in total. The zero-order chi connectivity index (χ0) is 36.9. The maximum Gasteiger partial charge on any atom is 0.324 e. The van der Waals surface area contributed by atoms with E-state index in [1.165, 1.54) is 12.1 Å². The molecule has 2 fully saturated rings. The van der Waals surface area contributed by atoms with Gasteiger partial charge in [0.15, 0.2) is 23.2 Å². The van der Waals surface area contributed by atoms with Crippen LogP contribution in [0.15, 0.2) is 58.2 Å². The van der Waals surface area contributed by atoms with Crippen molar-refractivity contribution >= 4 is 22.1 Å². The van der Waals surface area contributed by atoms with Crippen LogP contribution >= 0.6 is 0 Å². The quantitative estimate of drug-likeness (QED) is 0.147. The lowest BCUT2D eigenvalue weighted by Gasteiger charge is -2.33. The normalized spacial score (nSPS) is 18.9. The number of rotatable bonds is 10. The molecule has 6 rings (SSSR count). The topological polar surface area (TPSA) is 161 Å². The van der Waals surface area contributed by atoms with Crippen LogP contribution in [0.25, 0.3) is 0 Å². The number of piperidine rings is 1. The van der Waals surface area contributed by atoms with Gasteiger partial charge in [-0.2, -0.15) is 13.4 Å². The Morgan fingerprint density at radius 2 is 1.63 bits per heavy atom. The molecule has 0 bridgehead atoms. The van der Waals surface area contributed by atoms with Crippen LogP contribution in [0.1, 0.15) is 68.8 Å². The Labute approximate surface area is 296 Å². The van der Waals surface area contributed by atoms with Gasteiger partial charge in [-0.3, -0.25) is 4.55 Å². The minimum atomic E-state index is -4.02. The second-order valence-corrected chi connectivity index (χ2v) is 14.9. The van der Waals surface area contributed by atoms with Gasteiger partial charge in [0.05, 0.1) is 23.9 Å². The first-order valence-electron chi connectivity index (χ1n) is 16.9. The van der Waals surface area contributed by atoms with E-state index in [0.29, 0.717) is 55.3 Å². The highest BCUT2D eigenvalue weighted by Crippen LogP contribution is 2.32. The van der Waals surface area contributed by atoms with E-state index in [-0.39, 0.29) is 16.4 Å². The Bertz CT molecular complexity index is 1850. The Balaban J connectivity index is 0.000000392. The van der Waals surface area contributed by atoms with Gasteiger partial charge >= 0.3 is 6.01 Å². The van der Waals surface area contributed by atoms with Crippen LogP contribution in [-0.2, 0) is 10.1 Å². The smallest absolute Gasteiger partial charge is 0.324 e. The minimum absolute atomic E-state index is 0.0588. The third-order valence-corrected chi connectivity index (χ3v) is 10.3. The number of aryl methyl sites for hydroxylation is 1. The maximum atomic E-state index is 14.3. The summed E-state index contributed by atoms with van der Waals surface area (Å²) in [6.07, 6.45) is 6.25. The fourth-order valence-electron chi connectivity index (χ4n) is 6.25. The summed E-state index contributed by atoms with van der Waals surface area (Å²) < 4.78 is 82.3. The molecule has 2 aromatic carbocycles. The van der Waals surface area contributed by atoms with E-state index in [1.807, 2.05) is 25.7 Å². The standard InChI is InChI=1S/C28H36F3N7O2.C7H8O3S/c1-16(2)26-35-28(40-36-26)37-7-4-18(5-8-37)17(3)6-9-39-19-12-33-27(34-13-19)38-14-21(25(32)15-38)20-10-23(30)24(31)11-22(20)29;1-6-2-4-7(5-3-6)11(8,9)10/h10-13,16-18,21,25H,4-9,14-15,32H2,1-3H3;2-5H,1H3,(H,8,9,10)/t17-,21-,25+;/m1./s1. The number of anilines is 2. The maximum absolute atomic E-state index is 14.3. The summed E-state index contributed by atoms with van der Waals surface area (Å²) in [5, 5.41) is 4.07. The van der Waals surface area contributed by atoms with Gasteiger partial charge in [0.25, 0.3) is 10.1 Å². The molecular weight excluding hydrogens is 687 g/mol. The molecule has 0 aliphatic carbocycles. The van der Waals surface area contributed by atoms with E-state index >= 15 is 0 Å². The summed E-state index contributed by atoms with van der Waals surface area (Å²) in [5.74, 6) is -0.560. The number of hydrogen-bond donors (Lipinski definition) is 2. The van der Waals surface area contributed by atoms with Crippen molar-refractivity contribution < 1.29 is 35.4 Å². The zero-order valence-corrected chi connectivity index (χ0v) is 29.9. The van der Waals surface area contributed by atoms with Crippen molar-refractivity contribution in [2.24, 2.45) is 17.6 Å². The SMILES string of the molecule is CC(C)c1noc(N2CCC([C@H](C)CCOc3cnc(N4C[C@H](c5cc(F)c(F)cc5F)[C@@H](N)C4)nc3)CC2)n1.Cc1ccc(S(=O)(=O)O)cc1. The molecule has 0 spiro atoms. The first-order valence-corrected chi connectivity index (χ1v) is 18.4. The van der Waals surface area contributed by atoms with Crippen molar-refractivity contribution in [3.05, 3.63) is 83.2 Å². The molecule has 12 nitrogen and oxygen atoms in total. The molecule has 2 aliphatic heterocycles. The summed E-state index contributed by atoms with van der Waals surface area (Å²) in [6, 6.07) is 7.57. The van der Waals surface area contributed by atoms with Gasteiger partial charge < -0.3 is 24.8 Å². The third-order valence-electron chi connectivity index (χ3n) is 9.42. The number of nitrogens with two attached hydrogens (primary N) is 1. The van der Waals surface area contributed by atoms with Crippen molar-refractivity contribution in [1.29, 1.82) is 0 Å². The van der Waals surface area contributed by atoms with Crippen LogP contribution in [-0.4, -0.2) is 71.9 Å². The monoisotopic (exact) mass is 731 g/mol. The van der Waals surface area contributed by atoms with Gasteiger partial charge in [-0.15, -0.1) is 0 Å². The van der Waals surface area contributed by atoms with E-state index in [0.717, 1.165) is 49.8 Å². The predicted octanol–water partition coefficient (Wildman–Crippen LogP) is 5.89. The predicted molar refractivity (Wildman–Crippen MR) is 185 cm³/mol. The second kappa shape index (κ2) is 16.4. The highest BCUT2D eigenvalue weighted by Gasteiger charge is 2.35. The molecule has 2 aliphatic rings. The zero-order valence-electron chi connectivity index (χ0n) is 29.0. The average Bonchev–Trinajstić information content (AvgIpc) is 3.75. The fourth-order valence-corrected chi connectivity index (χ4v) is 6.73. The lowest BCUT2D eigenvalue weighted by atomic mass is 9.84. The van der Waals surface area contributed by atoms with Crippen LogP contribution in [0.5, 0.6) is 5.75 Å². The van der Waals surface area contributed by atoms with E-state index in [2.05, 4.69) is 31.9 Å². The Morgan fingerprint density at radius 1 is 0.980 bits per heavy atom. The van der Waals surface area contributed by atoms with Crippen LogP contribution in [0.3, 0.4) is 0 Å². The molecule has 2 aromatic heterocycles. The van der Waals surface area contributed by atoms with Crippen LogP contribution in [0, 0.1) is 36.2 Å². The van der Waals surface area contributed by atoms with Crippen LogP contribution in [0.2, 0.25) is 0 Å². The number of aromatic nitrogens is 4. The Kier molecular flexibility index (Phi) is 12.2. The highest BCUT2D eigenvalue weighted by molar-refractivity contribution is 7.85. The van der Waals surface area contributed by atoms with E-state index < -0.39 is 39.5 Å². The summed E-state index contributed by atoms with van der Waals surface area (Å²) in [7, 11) is -4.02. The molecule has 0 saturated carbocycles. The number of halogens is 3. The molecule has 0 amide bonds. The lowest BCUT2D eigenvalue weighted by Crippen LogP contribution is -2.36. The number of benzene rings is 2. The van der Waals surface area contributed by atoms with Gasteiger partial charge in [-0.25, -0.2) is 23.1 Å². The number of ether oxygens (including phenoxy) is 1. The first-order chi connectivity index (χ1) is 24.2. The van der Waals surface area contributed by atoms with Crippen molar-refractivity contribution in [3.63, 3.8) is 0 Å². The Hall–Kier alpha value is -4.28. The van der Waals surface area contributed by atoms with Gasteiger partial charge in [-0.1, -0.05) is 43.6 Å². The summed E-state index contributed by atoms with van der Waals surface area (Å²) in [6.45, 7) is 11.2. The van der Waals surface area contributed by atoms with Crippen molar-refractivity contribution in [1.82, 2.24) is 20.1 Å². The molecular formula is C35H44F3N7O5S. The molecule has 2 saturated heterocycles. The molecule has 276 valence electrons. The van der Waals surface area contributed by atoms with E-state index in [4.69, 9.17) is 19.5 Å². The van der Waals surface area contributed by atoms with E-state index in [1.54, 1.807) is 24.5 Å². The molecule has 16 heteroatoms. The van der Waals surface area contributed by atoms with E-state index in [9.17, 15) is 21.6 Å². The molecule has 0 unspecified atom stereocenters. The third kappa shape index (κ3) is 9.74. The fraction of sp³-hybridized carbons (Fsp3) is 0.486. The summed E-state index contributed by atoms with van der Waals surface area (Å²) in [5.41, 5.74) is 7.23. The highest BCUT2D eigenvalue weighted by atomic mass is 32.2. The van der Waals surface area contributed by atoms with Gasteiger partial charge in [0, 0.05) is 50.1 Å². The average molecular weight is 732 g/mol. The number of nitrogens with zero attached hydrogens (tertiary/aromatic N) is 6.